The van der Waals surface area contributed by atoms with Crippen LogP contribution in [-0.2, 0) is 19.1 Å². The molecule has 0 heterocycles. The van der Waals surface area contributed by atoms with Crippen LogP contribution in [0.15, 0.2) is 12.2 Å². The zero-order valence-electron chi connectivity index (χ0n) is 13.7. The summed E-state index contributed by atoms with van der Waals surface area (Å²) in [5.41, 5.74) is 0. The molecule has 0 radical (unpaired) electrons. The number of halogens is 4. The molecule has 0 saturated carbocycles. The molecule has 0 spiro atoms. The van der Waals surface area contributed by atoms with Gasteiger partial charge in [-0.25, -0.2) is 8.78 Å². The second kappa shape index (κ2) is 12.8. The summed E-state index contributed by atoms with van der Waals surface area (Å²) in [6.45, 7) is 0.562. The van der Waals surface area contributed by atoms with Gasteiger partial charge in [-0.1, -0.05) is 31.9 Å². The molecule has 0 atom stereocenters. The first-order valence-electron chi connectivity index (χ1n) is 7.91. The third-order valence-corrected chi connectivity index (χ3v) is 2.97. The lowest BCUT2D eigenvalue weighted by atomic mass is 10.2. The number of hydrogen-bond donors (Lipinski definition) is 0. The highest BCUT2D eigenvalue weighted by atomic mass is 19.3. The minimum atomic E-state index is -4.39. The van der Waals surface area contributed by atoms with E-state index in [0.29, 0.717) is 6.42 Å². The van der Waals surface area contributed by atoms with E-state index in [-0.39, 0.29) is 13.0 Å². The average Bonchev–Trinajstić information content (AvgIpc) is 2.53. The monoisotopic (exact) mass is 356 g/mol. The molecule has 0 aliphatic rings. The first-order chi connectivity index (χ1) is 11.3. The number of carbonyl (C=O) groups excluding carboxylic acids is 2. The van der Waals surface area contributed by atoms with E-state index in [1.165, 1.54) is 6.42 Å². The molecule has 0 amide bonds. The van der Waals surface area contributed by atoms with Crippen LogP contribution in [0.3, 0.4) is 0 Å². The van der Waals surface area contributed by atoms with E-state index in [1.807, 2.05) is 12.2 Å². The van der Waals surface area contributed by atoms with E-state index in [0.717, 1.165) is 19.3 Å². The highest BCUT2D eigenvalue weighted by Gasteiger charge is 2.42. The summed E-state index contributed by atoms with van der Waals surface area (Å²) in [5.74, 6) is -6.21. The third kappa shape index (κ3) is 11.9. The smallest absolute Gasteiger partial charge is 0.340 e. The Bertz CT molecular complexity index is 398. The van der Waals surface area contributed by atoms with Crippen molar-refractivity contribution in [1.82, 2.24) is 0 Å². The molecular weight excluding hydrogens is 332 g/mol. The molecular formula is C16H24F4O4. The van der Waals surface area contributed by atoms with Gasteiger partial charge in [-0.2, -0.15) is 8.78 Å². The maximum absolute atomic E-state index is 12.5. The zero-order valence-corrected chi connectivity index (χ0v) is 13.7. The SMILES string of the molecule is CCCCC/C=C/CCOC(=O)CCC(=O)OCC(F)(F)C(F)F. The molecule has 0 unspecified atom stereocenters. The molecule has 0 aromatic carbocycles. The Balaban J connectivity index is 3.70. The third-order valence-electron chi connectivity index (χ3n) is 2.97. The van der Waals surface area contributed by atoms with Gasteiger partial charge in [0.25, 0.3) is 0 Å². The fraction of sp³-hybridized carbons (Fsp3) is 0.750. The second-order valence-electron chi connectivity index (χ2n) is 5.20. The van der Waals surface area contributed by atoms with Crippen LogP contribution in [0.4, 0.5) is 17.6 Å². The quantitative estimate of drug-likeness (QED) is 0.214. The number of alkyl halides is 4. The Kier molecular flexibility index (Phi) is 11.9. The van der Waals surface area contributed by atoms with E-state index in [9.17, 15) is 27.2 Å². The normalized spacial score (nSPS) is 11.9. The maximum atomic E-state index is 12.5. The van der Waals surface area contributed by atoms with Crippen LogP contribution in [-0.4, -0.2) is 37.5 Å². The van der Waals surface area contributed by atoms with Gasteiger partial charge in [-0.3, -0.25) is 9.59 Å². The molecule has 0 aromatic rings. The molecule has 140 valence electrons. The van der Waals surface area contributed by atoms with Gasteiger partial charge in [-0.05, 0) is 19.3 Å². The summed E-state index contributed by atoms with van der Waals surface area (Å²) in [6.07, 6.45) is 4.08. The van der Waals surface area contributed by atoms with Crippen molar-refractivity contribution in [3.8, 4) is 0 Å². The van der Waals surface area contributed by atoms with Gasteiger partial charge >= 0.3 is 24.3 Å². The Morgan fingerprint density at radius 1 is 1.00 bits per heavy atom. The lowest BCUT2D eigenvalue weighted by Gasteiger charge is -2.14. The van der Waals surface area contributed by atoms with Crippen LogP contribution >= 0.6 is 0 Å². The number of allylic oxidation sites excluding steroid dienone is 1. The highest BCUT2D eigenvalue weighted by Crippen LogP contribution is 2.23. The van der Waals surface area contributed by atoms with Crippen LogP contribution in [0.25, 0.3) is 0 Å². The van der Waals surface area contributed by atoms with E-state index in [2.05, 4.69) is 11.7 Å². The van der Waals surface area contributed by atoms with Crippen LogP contribution in [0, 0.1) is 0 Å². The van der Waals surface area contributed by atoms with Gasteiger partial charge in [0, 0.05) is 0 Å². The van der Waals surface area contributed by atoms with Gasteiger partial charge in [0.15, 0.2) is 6.61 Å². The van der Waals surface area contributed by atoms with Gasteiger partial charge in [0.2, 0.25) is 0 Å². The van der Waals surface area contributed by atoms with Gasteiger partial charge in [0.05, 0.1) is 19.4 Å². The molecule has 0 bridgehead atoms. The molecule has 0 N–H and O–H groups in total. The van der Waals surface area contributed by atoms with Gasteiger partial charge in [-0.15, -0.1) is 0 Å². The summed E-state index contributed by atoms with van der Waals surface area (Å²) >= 11 is 0. The zero-order chi connectivity index (χ0) is 18.4. The Morgan fingerprint density at radius 2 is 1.58 bits per heavy atom. The summed E-state index contributed by atoms with van der Waals surface area (Å²) in [5, 5.41) is 0. The summed E-state index contributed by atoms with van der Waals surface area (Å²) in [6, 6.07) is 0. The van der Waals surface area contributed by atoms with Gasteiger partial charge < -0.3 is 9.47 Å². The molecule has 0 fully saturated rings. The van der Waals surface area contributed by atoms with Crippen molar-refractivity contribution >= 4 is 11.9 Å². The second-order valence-corrected chi connectivity index (χ2v) is 5.20. The van der Waals surface area contributed by atoms with Crippen molar-refractivity contribution in [2.75, 3.05) is 13.2 Å². The molecule has 0 aliphatic carbocycles. The number of hydrogen-bond acceptors (Lipinski definition) is 4. The number of esters is 2. The van der Waals surface area contributed by atoms with Crippen LogP contribution < -0.4 is 0 Å². The fourth-order valence-electron chi connectivity index (χ4n) is 1.58. The molecule has 4 nitrogen and oxygen atoms in total. The number of unbranched alkanes of at least 4 members (excludes halogenated alkanes) is 3. The van der Waals surface area contributed by atoms with Crippen molar-refractivity contribution in [2.24, 2.45) is 0 Å². The van der Waals surface area contributed by atoms with E-state index in [1.54, 1.807) is 0 Å². The topological polar surface area (TPSA) is 52.6 Å². The standard InChI is InChI=1S/C16H24F4O4/c1-2-3-4-5-6-7-8-11-23-13(21)9-10-14(22)24-12-16(19,20)15(17)18/h6-7,15H,2-5,8-12H2,1H3/b7-6+. The summed E-state index contributed by atoms with van der Waals surface area (Å²) < 4.78 is 57.6. The highest BCUT2D eigenvalue weighted by molar-refractivity contribution is 5.77. The van der Waals surface area contributed by atoms with Crippen molar-refractivity contribution < 1.29 is 36.6 Å². The van der Waals surface area contributed by atoms with Crippen LogP contribution in [0.2, 0.25) is 0 Å². The summed E-state index contributed by atoms with van der Waals surface area (Å²) in [4.78, 5) is 22.4. The number of carbonyl (C=O) groups is 2. The average molecular weight is 356 g/mol. The predicted molar refractivity (Wildman–Crippen MR) is 80.0 cm³/mol. The predicted octanol–water partition coefficient (Wildman–Crippen LogP) is 4.28. The lowest BCUT2D eigenvalue weighted by molar-refractivity contribution is -0.180. The largest absolute Gasteiger partial charge is 0.465 e. The minimum absolute atomic E-state index is 0.154. The first kappa shape index (κ1) is 22.4. The van der Waals surface area contributed by atoms with Gasteiger partial charge in [0.1, 0.15) is 0 Å². The lowest BCUT2D eigenvalue weighted by Crippen LogP contribution is -2.33. The fourth-order valence-corrected chi connectivity index (χ4v) is 1.58. The molecule has 24 heavy (non-hydrogen) atoms. The minimum Gasteiger partial charge on any atom is -0.465 e. The van der Waals surface area contributed by atoms with E-state index >= 15 is 0 Å². The van der Waals surface area contributed by atoms with E-state index < -0.39 is 37.3 Å². The summed E-state index contributed by atoms with van der Waals surface area (Å²) in [7, 11) is 0. The molecule has 0 aromatic heterocycles. The number of rotatable bonds is 13. The molecule has 0 aliphatic heterocycles. The maximum Gasteiger partial charge on any atom is 0.340 e. The van der Waals surface area contributed by atoms with Crippen molar-refractivity contribution in [1.29, 1.82) is 0 Å². The van der Waals surface area contributed by atoms with E-state index in [4.69, 9.17) is 4.74 Å². The van der Waals surface area contributed by atoms with Crippen molar-refractivity contribution in [2.45, 2.75) is 64.2 Å². The molecule has 8 heteroatoms. The Morgan fingerprint density at radius 3 is 2.17 bits per heavy atom. The van der Waals surface area contributed by atoms with Crippen LogP contribution in [0.1, 0.15) is 51.9 Å². The molecule has 0 saturated heterocycles. The van der Waals surface area contributed by atoms with Crippen molar-refractivity contribution in [3.05, 3.63) is 12.2 Å². The van der Waals surface area contributed by atoms with Crippen molar-refractivity contribution in [3.63, 3.8) is 0 Å². The number of ether oxygens (including phenoxy) is 2. The van der Waals surface area contributed by atoms with Crippen LogP contribution in [0.5, 0.6) is 0 Å². The molecule has 0 rings (SSSR count). The Hall–Kier alpha value is -1.60. The Labute approximate surface area is 139 Å². The first-order valence-corrected chi connectivity index (χ1v) is 7.91.